The fraction of sp³-hybridized carbons (Fsp3) is 0.440. The maximum Gasteiger partial charge on any atom is 0.293 e. The molecule has 2 amide bonds. The van der Waals surface area contributed by atoms with Gasteiger partial charge in [-0.2, -0.15) is 0 Å². The Morgan fingerprint density at radius 3 is 2.43 bits per heavy atom. The van der Waals surface area contributed by atoms with Gasteiger partial charge in [-0.3, -0.25) is 19.7 Å². The molecule has 0 saturated carbocycles. The number of nitrogens with one attached hydrogen (secondary N) is 1. The van der Waals surface area contributed by atoms with Crippen molar-refractivity contribution in [2.45, 2.75) is 27.0 Å². The Hall–Kier alpha value is -3.50. The number of hydrogen-bond donors (Lipinski definition) is 1. The van der Waals surface area contributed by atoms with Crippen LogP contribution in [-0.2, 0) is 27.4 Å². The van der Waals surface area contributed by atoms with E-state index in [9.17, 15) is 19.7 Å². The van der Waals surface area contributed by atoms with Crippen molar-refractivity contribution in [2.75, 3.05) is 50.9 Å². The number of nitro benzene ring substituents is 1. The minimum atomic E-state index is -0.474. The first kappa shape index (κ1) is 26.1. The zero-order valence-electron chi connectivity index (χ0n) is 20.2. The van der Waals surface area contributed by atoms with Crippen LogP contribution in [-0.4, -0.2) is 67.6 Å². The predicted octanol–water partition coefficient (Wildman–Crippen LogP) is 2.75. The number of carbonyl (C=O) groups excluding carboxylic acids is 2. The number of rotatable bonds is 11. The summed E-state index contributed by atoms with van der Waals surface area (Å²) in [6.45, 7) is 7.90. The highest BCUT2D eigenvalue weighted by molar-refractivity contribution is 5.95. The molecule has 0 spiro atoms. The summed E-state index contributed by atoms with van der Waals surface area (Å²) in [4.78, 5) is 39.1. The lowest BCUT2D eigenvalue weighted by atomic mass is 10.1. The average Bonchev–Trinajstić information content (AvgIpc) is 2.87. The van der Waals surface area contributed by atoms with E-state index in [1.165, 1.54) is 13.0 Å². The van der Waals surface area contributed by atoms with Crippen LogP contribution in [0.15, 0.2) is 42.5 Å². The standard InChI is InChI=1S/C25H32N4O6/c1-3-34-13-14-35-18-21-6-4-5-20(15-21)17-26-25(31)22-7-8-23(24(16-22)29(32)33)28-11-9-27(10-12-28)19(2)30/h4-8,15-16H,3,9-14,17-18H2,1-2H3,(H,26,31). The molecule has 3 rings (SSSR count). The summed E-state index contributed by atoms with van der Waals surface area (Å²) < 4.78 is 10.8. The van der Waals surface area contributed by atoms with Gasteiger partial charge in [0.25, 0.3) is 11.6 Å². The molecular weight excluding hydrogens is 452 g/mol. The Bertz CT molecular complexity index is 1040. The second-order valence-corrected chi connectivity index (χ2v) is 8.21. The molecule has 1 saturated heterocycles. The number of nitrogens with zero attached hydrogens (tertiary/aromatic N) is 3. The lowest BCUT2D eigenvalue weighted by molar-refractivity contribution is -0.384. The van der Waals surface area contributed by atoms with E-state index in [0.717, 1.165) is 11.1 Å². The molecule has 188 valence electrons. The number of ether oxygens (including phenoxy) is 2. The van der Waals surface area contributed by atoms with Gasteiger partial charge in [-0.1, -0.05) is 24.3 Å². The molecule has 0 radical (unpaired) electrons. The first-order valence-corrected chi connectivity index (χ1v) is 11.7. The summed E-state index contributed by atoms with van der Waals surface area (Å²) in [7, 11) is 0. The molecular formula is C25H32N4O6. The number of hydrogen-bond acceptors (Lipinski definition) is 7. The van der Waals surface area contributed by atoms with Gasteiger partial charge in [0, 0.05) is 57.9 Å². The summed E-state index contributed by atoms with van der Waals surface area (Å²) in [6.07, 6.45) is 0. The van der Waals surface area contributed by atoms with Crippen LogP contribution in [0.4, 0.5) is 11.4 Å². The number of nitro groups is 1. The van der Waals surface area contributed by atoms with Gasteiger partial charge in [0.05, 0.1) is 24.7 Å². The van der Waals surface area contributed by atoms with E-state index < -0.39 is 4.92 Å². The number of benzene rings is 2. The molecule has 0 atom stereocenters. The fourth-order valence-corrected chi connectivity index (χ4v) is 3.91. The topological polar surface area (TPSA) is 114 Å². The lowest BCUT2D eigenvalue weighted by Gasteiger charge is -2.35. The van der Waals surface area contributed by atoms with Gasteiger partial charge in [-0.05, 0) is 30.2 Å². The minimum absolute atomic E-state index is 0.00851. The third-order valence-electron chi connectivity index (χ3n) is 5.79. The molecule has 0 unspecified atom stereocenters. The van der Waals surface area contributed by atoms with Gasteiger partial charge in [0.1, 0.15) is 5.69 Å². The Balaban J connectivity index is 1.60. The van der Waals surface area contributed by atoms with Crippen LogP contribution in [0.2, 0.25) is 0 Å². The van der Waals surface area contributed by atoms with Crippen molar-refractivity contribution in [1.82, 2.24) is 10.2 Å². The van der Waals surface area contributed by atoms with Crippen LogP contribution in [0, 0.1) is 10.1 Å². The van der Waals surface area contributed by atoms with Crippen molar-refractivity contribution < 1.29 is 24.0 Å². The predicted molar refractivity (Wildman–Crippen MR) is 131 cm³/mol. The van der Waals surface area contributed by atoms with E-state index in [-0.39, 0.29) is 29.6 Å². The van der Waals surface area contributed by atoms with Gasteiger partial charge in [0.15, 0.2) is 0 Å². The van der Waals surface area contributed by atoms with Crippen molar-refractivity contribution in [3.63, 3.8) is 0 Å². The molecule has 2 aromatic carbocycles. The quantitative estimate of drug-likeness (QED) is 0.296. The van der Waals surface area contributed by atoms with Gasteiger partial charge < -0.3 is 24.6 Å². The Labute approximate surface area is 204 Å². The molecule has 1 heterocycles. The van der Waals surface area contributed by atoms with Crippen molar-refractivity contribution in [3.05, 3.63) is 69.3 Å². The molecule has 1 aliphatic heterocycles. The maximum atomic E-state index is 12.7. The van der Waals surface area contributed by atoms with Gasteiger partial charge in [-0.25, -0.2) is 0 Å². The molecule has 0 aliphatic carbocycles. The lowest BCUT2D eigenvalue weighted by Crippen LogP contribution is -2.48. The van der Waals surface area contributed by atoms with Crippen molar-refractivity contribution >= 4 is 23.2 Å². The largest absolute Gasteiger partial charge is 0.379 e. The molecule has 1 aliphatic rings. The number of amides is 2. The van der Waals surface area contributed by atoms with Crippen LogP contribution < -0.4 is 10.2 Å². The van der Waals surface area contributed by atoms with Crippen LogP contribution in [0.1, 0.15) is 35.3 Å². The van der Waals surface area contributed by atoms with E-state index in [0.29, 0.717) is 58.3 Å². The van der Waals surface area contributed by atoms with Gasteiger partial charge in [0.2, 0.25) is 5.91 Å². The highest BCUT2D eigenvalue weighted by Gasteiger charge is 2.25. The third kappa shape index (κ3) is 7.49. The monoisotopic (exact) mass is 484 g/mol. The molecule has 0 aromatic heterocycles. The number of anilines is 1. The van der Waals surface area contributed by atoms with Crippen molar-refractivity contribution in [2.24, 2.45) is 0 Å². The minimum Gasteiger partial charge on any atom is -0.379 e. The highest BCUT2D eigenvalue weighted by Crippen LogP contribution is 2.30. The van der Waals surface area contributed by atoms with E-state index >= 15 is 0 Å². The Morgan fingerprint density at radius 1 is 1.03 bits per heavy atom. The fourth-order valence-electron chi connectivity index (χ4n) is 3.91. The summed E-state index contributed by atoms with van der Waals surface area (Å²) in [6, 6.07) is 12.2. The summed E-state index contributed by atoms with van der Waals surface area (Å²) in [5.74, 6) is -0.398. The maximum absolute atomic E-state index is 12.7. The highest BCUT2D eigenvalue weighted by atomic mass is 16.6. The van der Waals surface area contributed by atoms with E-state index in [1.807, 2.05) is 36.1 Å². The van der Waals surface area contributed by atoms with E-state index in [4.69, 9.17) is 9.47 Å². The smallest absolute Gasteiger partial charge is 0.293 e. The van der Waals surface area contributed by atoms with Gasteiger partial charge >= 0.3 is 0 Å². The first-order chi connectivity index (χ1) is 16.9. The van der Waals surface area contributed by atoms with Crippen LogP contribution in [0.3, 0.4) is 0 Å². The second-order valence-electron chi connectivity index (χ2n) is 8.21. The normalized spacial score (nSPS) is 13.5. The molecule has 0 bridgehead atoms. The first-order valence-electron chi connectivity index (χ1n) is 11.7. The van der Waals surface area contributed by atoms with Crippen molar-refractivity contribution in [1.29, 1.82) is 0 Å². The zero-order chi connectivity index (χ0) is 25.2. The van der Waals surface area contributed by atoms with Crippen LogP contribution in [0.5, 0.6) is 0 Å². The Morgan fingerprint density at radius 2 is 1.74 bits per heavy atom. The zero-order valence-corrected chi connectivity index (χ0v) is 20.2. The molecule has 1 N–H and O–H groups in total. The number of piperazine rings is 1. The third-order valence-corrected chi connectivity index (χ3v) is 5.79. The van der Waals surface area contributed by atoms with E-state index in [2.05, 4.69) is 5.32 Å². The summed E-state index contributed by atoms with van der Waals surface area (Å²) in [5.41, 5.74) is 2.43. The molecule has 10 nitrogen and oxygen atoms in total. The molecule has 1 fully saturated rings. The number of carbonyl (C=O) groups is 2. The van der Waals surface area contributed by atoms with E-state index in [1.54, 1.807) is 17.0 Å². The molecule has 35 heavy (non-hydrogen) atoms. The summed E-state index contributed by atoms with van der Waals surface area (Å²) >= 11 is 0. The summed E-state index contributed by atoms with van der Waals surface area (Å²) in [5, 5.41) is 14.6. The van der Waals surface area contributed by atoms with Gasteiger partial charge in [-0.15, -0.1) is 0 Å². The molecule has 10 heteroatoms. The SMILES string of the molecule is CCOCCOCc1cccc(CNC(=O)c2ccc(N3CCN(C(C)=O)CC3)c([N+](=O)[O-])c2)c1. The average molecular weight is 485 g/mol. The second kappa shape index (κ2) is 12.8. The van der Waals surface area contributed by atoms with Crippen LogP contribution in [0.25, 0.3) is 0 Å². The Kier molecular flexibility index (Phi) is 9.56. The van der Waals surface area contributed by atoms with Crippen LogP contribution >= 0.6 is 0 Å². The van der Waals surface area contributed by atoms with Crippen molar-refractivity contribution in [3.8, 4) is 0 Å². The molecule has 2 aromatic rings.